The Balaban J connectivity index is 1.22. The van der Waals surface area contributed by atoms with E-state index in [9.17, 15) is 9.59 Å². The number of rotatable bonds is 9. The summed E-state index contributed by atoms with van der Waals surface area (Å²) in [5, 5.41) is 8.93. The molecule has 10 nitrogen and oxygen atoms in total. The summed E-state index contributed by atoms with van der Waals surface area (Å²) in [7, 11) is 4.80. The Kier molecular flexibility index (Phi) is 8.33. The molecule has 1 aromatic heterocycles. The number of hydrogen-bond acceptors (Lipinski definition) is 8. The average Bonchev–Trinajstić information content (AvgIpc) is 3.87. The first kappa shape index (κ1) is 27.2. The van der Waals surface area contributed by atoms with Crippen molar-refractivity contribution in [1.29, 1.82) is 0 Å². The van der Waals surface area contributed by atoms with Crippen molar-refractivity contribution in [3.63, 3.8) is 0 Å². The lowest BCUT2D eigenvalue weighted by atomic mass is 10.1. The van der Waals surface area contributed by atoms with Crippen molar-refractivity contribution in [3.05, 3.63) is 60.2 Å². The van der Waals surface area contributed by atoms with E-state index in [4.69, 9.17) is 14.2 Å². The smallest absolute Gasteiger partial charge is 0.254 e. The SMILES string of the molecule is COc1cccc(C(=O)N(CC(=O)N2CCCN(c3ccc(-c4ccc(OC)cc4OC)nn3)CC2)C2CC2)c1. The van der Waals surface area contributed by atoms with Crippen molar-refractivity contribution in [2.24, 2.45) is 0 Å². The van der Waals surface area contributed by atoms with Crippen LogP contribution < -0.4 is 19.1 Å². The summed E-state index contributed by atoms with van der Waals surface area (Å²) in [4.78, 5) is 32.4. The highest BCUT2D eigenvalue weighted by molar-refractivity contribution is 5.97. The third kappa shape index (κ3) is 6.11. The number of ether oxygens (including phenoxy) is 3. The average molecular weight is 546 g/mol. The van der Waals surface area contributed by atoms with Crippen molar-refractivity contribution in [1.82, 2.24) is 20.0 Å². The highest BCUT2D eigenvalue weighted by Crippen LogP contribution is 2.32. The van der Waals surface area contributed by atoms with Crippen LogP contribution in [0.15, 0.2) is 54.6 Å². The lowest BCUT2D eigenvalue weighted by Crippen LogP contribution is -2.45. The largest absolute Gasteiger partial charge is 0.497 e. The fraction of sp³-hybridized carbons (Fsp3) is 0.400. The summed E-state index contributed by atoms with van der Waals surface area (Å²) >= 11 is 0. The Morgan fingerprint density at radius 1 is 0.875 bits per heavy atom. The first-order valence-corrected chi connectivity index (χ1v) is 13.5. The highest BCUT2D eigenvalue weighted by atomic mass is 16.5. The zero-order valence-corrected chi connectivity index (χ0v) is 23.2. The first-order chi connectivity index (χ1) is 19.5. The number of benzene rings is 2. The minimum Gasteiger partial charge on any atom is -0.497 e. The Labute approximate surface area is 234 Å². The summed E-state index contributed by atoms with van der Waals surface area (Å²) in [5.41, 5.74) is 2.07. The van der Waals surface area contributed by atoms with Gasteiger partial charge < -0.3 is 28.9 Å². The molecule has 0 N–H and O–H groups in total. The van der Waals surface area contributed by atoms with Crippen LogP contribution in [0.3, 0.4) is 0 Å². The van der Waals surface area contributed by atoms with E-state index in [1.807, 2.05) is 35.2 Å². The van der Waals surface area contributed by atoms with Crippen LogP contribution >= 0.6 is 0 Å². The van der Waals surface area contributed by atoms with Crippen LogP contribution in [0.2, 0.25) is 0 Å². The van der Waals surface area contributed by atoms with Crippen LogP contribution in [0, 0.1) is 0 Å². The Morgan fingerprint density at radius 3 is 2.38 bits per heavy atom. The number of hydrogen-bond donors (Lipinski definition) is 0. The number of methoxy groups -OCH3 is 3. The number of aromatic nitrogens is 2. The molecule has 1 saturated heterocycles. The van der Waals surface area contributed by atoms with Gasteiger partial charge in [0, 0.05) is 49.4 Å². The molecule has 2 heterocycles. The molecule has 10 heteroatoms. The van der Waals surface area contributed by atoms with Gasteiger partial charge in [0.2, 0.25) is 5.91 Å². The molecule has 40 heavy (non-hydrogen) atoms. The van der Waals surface area contributed by atoms with Crippen molar-refractivity contribution >= 4 is 17.6 Å². The van der Waals surface area contributed by atoms with Gasteiger partial charge in [0.15, 0.2) is 5.82 Å². The van der Waals surface area contributed by atoms with Crippen LogP contribution in [0.25, 0.3) is 11.3 Å². The molecule has 210 valence electrons. The lowest BCUT2D eigenvalue weighted by molar-refractivity contribution is -0.131. The van der Waals surface area contributed by atoms with Crippen molar-refractivity contribution < 1.29 is 23.8 Å². The molecule has 0 unspecified atom stereocenters. The molecule has 0 atom stereocenters. The molecule has 0 radical (unpaired) electrons. The first-order valence-electron chi connectivity index (χ1n) is 13.5. The fourth-order valence-electron chi connectivity index (χ4n) is 4.96. The van der Waals surface area contributed by atoms with Crippen LogP contribution in [0.4, 0.5) is 5.82 Å². The predicted molar refractivity (Wildman–Crippen MR) is 151 cm³/mol. The van der Waals surface area contributed by atoms with Crippen molar-refractivity contribution in [2.75, 3.05) is 59.0 Å². The molecular formula is C30H35N5O5. The second-order valence-corrected chi connectivity index (χ2v) is 9.96. The van der Waals surface area contributed by atoms with E-state index in [0.29, 0.717) is 48.1 Å². The van der Waals surface area contributed by atoms with Gasteiger partial charge in [-0.15, -0.1) is 10.2 Å². The number of carbonyl (C=O) groups is 2. The number of carbonyl (C=O) groups excluding carboxylic acids is 2. The molecule has 2 fully saturated rings. The molecule has 0 bridgehead atoms. The quantitative estimate of drug-likeness (QED) is 0.403. The van der Waals surface area contributed by atoms with Crippen LogP contribution in [-0.2, 0) is 4.79 Å². The maximum absolute atomic E-state index is 13.3. The second-order valence-electron chi connectivity index (χ2n) is 9.96. The summed E-state index contributed by atoms with van der Waals surface area (Å²) in [6.45, 7) is 2.67. The maximum atomic E-state index is 13.3. The van der Waals surface area contributed by atoms with Gasteiger partial charge >= 0.3 is 0 Å². The Bertz CT molecular complexity index is 1340. The van der Waals surface area contributed by atoms with Crippen LogP contribution in [0.5, 0.6) is 17.2 Å². The monoisotopic (exact) mass is 545 g/mol. The van der Waals surface area contributed by atoms with Gasteiger partial charge in [-0.2, -0.15) is 0 Å². The minimum atomic E-state index is -0.130. The van der Waals surface area contributed by atoms with E-state index in [1.54, 1.807) is 50.5 Å². The number of nitrogens with zero attached hydrogens (tertiary/aromatic N) is 5. The van der Waals surface area contributed by atoms with Gasteiger partial charge in [0.1, 0.15) is 23.8 Å². The summed E-state index contributed by atoms with van der Waals surface area (Å²) in [5.74, 6) is 2.60. The third-order valence-electron chi connectivity index (χ3n) is 7.38. The molecule has 1 aliphatic carbocycles. The Morgan fingerprint density at radius 2 is 1.68 bits per heavy atom. The van der Waals surface area contributed by atoms with E-state index in [1.165, 1.54) is 0 Å². The van der Waals surface area contributed by atoms with Gasteiger partial charge in [-0.25, -0.2) is 0 Å². The van der Waals surface area contributed by atoms with E-state index >= 15 is 0 Å². The molecule has 0 spiro atoms. The minimum absolute atomic E-state index is 0.0296. The van der Waals surface area contributed by atoms with E-state index < -0.39 is 0 Å². The van der Waals surface area contributed by atoms with Gasteiger partial charge in [-0.05, 0) is 61.7 Å². The molecular weight excluding hydrogens is 510 g/mol. The molecule has 2 amide bonds. The van der Waals surface area contributed by atoms with Crippen LogP contribution in [0.1, 0.15) is 29.6 Å². The molecule has 5 rings (SSSR count). The normalized spacial score (nSPS) is 15.3. The molecule has 1 saturated carbocycles. The van der Waals surface area contributed by atoms with E-state index in [0.717, 1.165) is 37.2 Å². The van der Waals surface area contributed by atoms with Gasteiger partial charge in [0.05, 0.1) is 27.0 Å². The van der Waals surface area contributed by atoms with Gasteiger partial charge in [-0.3, -0.25) is 9.59 Å². The summed E-state index contributed by atoms with van der Waals surface area (Å²) in [6, 6.07) is 16.7. The van der Waals surface area contributed by atoms with E-state index in [2.05, 4.69) is 15.1 Å². The molecule has 3 aromatic rings. The zero-order chi connectivity index (χ0) is 28.1. The van der Waals surface area contributed by atoms with Crippen molar-refractivity contribution in [2.45, 2.75) is 25.3 Å². The maximum Gasteiger partial charge on any atom is 0.254 e. The predicted octanol–water partition coefficient (Wildman–Crippen LogP) is 3.51. The van der Waals surface area contributed by atoms with E-state index in [-0.39, 0.29) is 24.4 Å². The molecule has 2 aliphatic rings. The highest BCUT2D eigenvalue weighted by Gasteiger charge is 2.35. The van der Waals surface area contributed by atoms with Gasteiger partial charge in [-0.1, -0.05) is 6.07 Å². The van der Waals surface area contributed by atoms with Crippen LogP contribution in [-0.4, -0.2) is 91.9 Å². The second kappa shape index (κ2) is 12.2. The topological polar surface area (TPSA) is 97.3 Å². The number of anilines is 1. The fourth-order valence-corrected chi connectivity index (χ4v) is 4.96. The zero-order valence-electron chi connectivity index (χ0n) is 23.2. The standard InChI is InChI=1S/C30H35N5O5/c1-38-23-7-4-6-21(18-23)30(37)35(22-8-9-22)20-29(36)34-15-5-14-33(16-17-34)28-13-12-26(31-32-28)25-11-10-24(39-2)19-27(25)40-3/h4,6-7,10-13,18-19,22H,5,8-9,14-17,20H2,1-3H3. The lowest BCUT2D eigenvalue weighted by Gasteiger charge is -2.27. The number of amides is 2. The molecule has 2 aromatic carbocycles. The molecule has 1 aliphatic heterocycles. The van der Waals surface area contributed by atoms with Crippen molar-refractivity contribution in [3.8, 4) is 28.5 Å². The third-order valence-corrected chi connectivity index (χ3v) is 7.38. The Hall–Kier alpha value is -4.34. The summed E-state index contributed by atoms with van der Waals surface area (Å²) < 4.78 is 16.1. The van der Waals surface area contributed by atoms with Gasteiger partial charge in [0.25, 0.3) is 5.91 Å². The summed E-state index contributed by atoms with van der Waals surface area (Å²) in [6.07, 6.45) is 2.65.